The summed E-state index contributed by atoms with van der Waals surface area (Å²) in [4.78, 5) is 22.2. The van der Waals surface area contributed by atoms with Crippen molar-refractivity contribution in [1.82, 2.24) is 0 Å². The van der Waals surface area contributed by atoms with E-state index in [2.05, 4.69) is 0 Å². The molecule has 2 aromatic rings. The molecule has 0 spiro atoms. The molecule has 0 saturated heterocycles. The van der Waals surface area contributed by atoms with Gasteiger partial charge in [-0.1, -0.05) is 18.2 Å². The first-order valence-electron chi connectivity index (χ1n) is 7.27. The van der Waals surface area contributed by atoms with Crippen molar-refractivity contribution in [2.75, 3.05) is 6.61 Å². The smallest absolute Gasteiger partial charge is 0.303 e. The molecule has 0 fully saturated rings. The van der Waals surface area contributed by atoms with E-state index in [0.717, 1.165) is 0 Å². The van der Waals surface area contributed by atoms with Gasteiger partial charge in [0.1, 0.15) is 11.6 Å². The second-order valence-electron chi connectivity index (χ2n) is 5.03. The van der Waals surface area contributed by atoms with Gasteiger partial charge in [-0.3, -0.25) is 9.59 Å². The first kappa shape index (κ1) is 16.7. The summed E-state index contributed by atoms with van der Waals surface area (Å²) in [5.74, 6) is -0.886. The predicted molar refractivity (Wildman–Crippen MR) is 83.2 cm³/mol. The lowest BCUT2D eigenvalue weighted by Crippen LogP contribution is -2.05. The van der Waals surface area contributed by atoms with E-state index in [-0.39, 0.29) is 24.4 Å². The molecular formula is C18H17FO4. The number of carbonyl (C=O) groups excluding carboxylic acids is 1. The molecule has 0 aromatic heterocycles. The molecule has 0 saturated carbocycles. The Morgan fingerprint density at radius 3 is 2.35 bits per heavy atom. The van der Waals surface area contributed by atoms with Crippen LogP contribution in [0.5, 0.6) is 5.75 Å². The highest BCUT2D eigenvalue weighted by Crippen LogP contribution is 2.15. The molecule has 2 aromatic carbocycles. The average Bonchev–Trinajstić information content (AvgIpc) is 2.55. The topological polar surface area (TPSA) is 63.6 Å². The van der Waals surface area contributed by atoms with Crippen LogP contribution in [0.4, 0.5) is 4.39 Å². The number of ketones is 1. The minimum atomic E-state index is -0.994. The van der Waals surface area contributed by atoms with E-state index in [1.165, 1.54) is 6.07 Å². The zero-order valence-corrected chi connectivity index (χ0v) is 12.5. The van der Waals surface area contributed by atoms with Gasteiger partial charge in [0.25, 0.3) is 0 Å². The van der Waals surface area contributed by atoms with Crippen LogP contribution in [0.25, 0.3) is 0 Å². The number of rotatable bonds is 8. The van der Waals surface area contributed by atoms with Crippen molar-refractivity contribution in [3.8, 4) is 5.75 Å². The minimum absolute atomic E-state index is 0.0250. The molecular weight excluding hydrogens is 299 g/mol. The number of hydrogen-bond acceptors (Lipinski definition) is 3. The van der Waals surface area contributed by atoms with Crippen LogP contribution in [-0.2, 0) is 11.2 Å². The summed E-state index contributed by atoms with van der Waals surface area (Å²) in [7, 11) is 0. The number of Topliss-reactive ketones (excluding diaryl/α,β-unsaturated/α-hetero) is 1. The second-order valence-corrected chi connectivity index (χ2v) is 5.03. The van der Waals surface area contributed by atoms with Crippen molar-refractivity contribution in [2.24, 2.45) is 0 Å². The van der Waals surface area contributed by atoms with Gasteiger partial charge in [-0.25, -0.2) is 4.39 Å². The molecule has 120 valence electrons. The number of aliphatic carboxylic acids is 1. The predicted octanol–water partition coefficient (Wildman–Crippen LogP) is 3.49. The third-order valence-corrected chi connectivity index (χ3v) is 3.34. The highest BCUT2D eigenvalue weighted by molar-refractivity contribution is 5.97. The highest BCUT2D eigenvalue weighted by atomic mass is 19.1. The van der Waals surface area contributed by atoms with Gasteiger partial charge in [0.2, 0.25) is 0 Å². The van der Waals surface area contributed by atoms with E-state index < -0.39 is 5.97 Å². The first-order valence-corrected chi connectivity index (χ1v) is 7.27. The van der Waals surface area contributed by atoms with Crippen molar-refractivity contribution >= 4 is 11.8 Å². The number of hydrogen-bond donors (Lipinski definition) is 1. The fourth-order valence-electron chi connectivity index (χ4n) is 2.08. The molecule has 0 heterocycles. The van der Waals surface area contributed by atoms with Crippen LogP contribution in [-0.4, -0.2) is 23.5 Å². The van der Waals surface area contributed by atoms with Gasteiger partial charge in [0, 0.05) is 18.4 Å². The lowest BCUT2D eigenvalue weighted by atomic mass is 10.1. The molecule has 0 aliphatic heterocycles. The summed E-state index contributed by atoms with van der Waals surface area (Å²) in [5, 5.41) is 8.57. The zero-order valence-electron chi connectivity index (χ0n) is 12.5. The Morgan fingerprint density at radius 1 is 1.00 bits per heavy atom. The normalized spacial score (nSPS) is 10.3. The lowest BCUT2D eigenvalue weighted by molar-refractivity contribution is -0.136. The van der Waals surface area contributed by atoms with Crippen molar-refractivity contribution in [3.63, 3.8) is 0 Å². The van der Waals surface area contributed by atoms with Crippen LogP contribution in [0.1, 0.15) is 28.8 Å². The van der Waals surface area contributed by atoms with Gasteiger partial charge in [0.05, 0.1) is 13.0 Å². The van der Waals surface area contributed by atoms with Crippen LogP contribution in [0, 0.1) is 5.82 Å². The van der Waals surface area contributed by atoms with E-state index in [1.807, 2.05) is 0 Å². The van der Waals surface area contributed by atoms with Crippen molar-refractivity contribution in [2.45, 2.75) is 19.3 Å². The van der Waals surface area contributed by atoms with Gasteiger partial charge in [0.15, 0.2) is 5.78 Å². The van der Waals surface area contributed by atoms with Gasteiger partial charge < -0.3 is 9.84 Å². The fourth-order valence-corrected chi connectivity index (χ4v) is 2.08. The summed E-state index contributed by atoms with van der Waals surface area (Å²) < 4.78 is 19.0. The quantitative estimate of drug-likeness (QED) is 0.757. The van der Waals surface area contributed by atoms with Gasteiger partial charge in [-0.05, 0) is 35.9 Å². The van der Waals surface area contributed by atoms with Crippen molar-refractivity contribution in [1.29, 1.82) is 0 Å². The summed E-state index contributed by atoms with van der Waals surface area (Å²) >= 11 is 0. The lowest BCUT2D eigenvalue weighted by Gasteiger charge is -2.07. The number of carboxylic acid groups (broad SMARTS) is 1. The molecule has 1 N–H and O–H groups in total. The third-order valence-electron chi connectivity index (χ3n) is 3.34. The molecule has 0 radical (unpaired) electrons. The molecule has 0 aliphatic carbocycles. The number of carboxylic acids is 1. The average molecular weight is 316 g/mol. The Bertz CT molecular complexity index is 680. The Labute approximate surface area is 133 Å². The number of benzene rings is 2. The second kappa shape index (κ2) is 8.08. The Morgan fingerprint density at radius 2 is 1.70 bits per heavy atom. The molecule has 0 aliphatic rings. The molecule has 0 amide bonds. The van der Waals surface area contributed by atoms with Crippen molar-refractivity contribution in [3.05, 3.63) is 65.5 Å². The summed E-state index contributed by atoms with van der Waals surface area (Å²) in [6.45, 7) is 0.327. The van der Waals surface area contributed by atoms with E-state index in [0.29, 0.717) is 29.9 Å². The Balaban J connectivity index is 1.84. The highest BCUT2D eigenvalue weighted by Gasteiger charge is 2.08. The Kier molecular flexibility index (Phi) is 5.86. The van der Waals surface area contributed by atoms with E-state index >= 15 is 0 Å². The van der Waals surface area contributed by atoms with Gasteiger partial charge in [-0.15, -0.1) is 0 Å². The largest absolute Gasteiger partial charge is 0.493 e. The summed E-state index contributed by atoms with van der Waals surface area (Å²) in [5.41, 5.74) is 1.04. The summed E-state index contributed by atoms with van der Waals surface area (Å²) in [6, 6.07) is 13.0. The van der Waals surface area contributed by atoms with E-state index in [1.54, 1.807) is 42.5 Å². The maximum absolute atomic E-state index is 13.5. The molecule has 2 rings (SSSR count). The number of halogens is 1. The molecule has 5 heteroatoms. The molecule has 4 nitrogen and oxygen atoms in total. The van der Waals surface area contributed by atoms with E-state index in [4.69, 9.17) is 9.84 Å². The monoisotopic (exact) mass is 316 g/mol. The summed E-state index contributed by atoms with van der Waals surface area (Å²) in [6.07, 6.45) is 0.245. The first-order chi connectivity index (χ1) is 11.1. The standard InChI is InChI=1S/C18H17FO4/c19-16-4-2-1-3-13(16)11-12-23-15-7-5-14(6-8-15)17(20)9-10-18(21)22/h1-8H,9-12H2,(H,21,22). The van der Waals surface area contributed by atoms with Gasteiger partial charge in [-0.2, -0.15) is 0 Å². The fraction of sp³-hybridized carbons (Fsp3) is 0.222. The zero-order chi connectivity index (χ0) is 16.7. The van der Waals surface area contributed by atoms with Crippen LogP contribution < -0.4 is 4.74 Å². The molecule has 0 unspecified atom stereocenters. The maximum Gasteiger partial charge on any atom is 0.303 e. The molecule has 0 atom stereocenters. The number of ether oxygens (including phenoxy) is 1. The van der Waals surface area contributed by atoms with Crippen molar-refractivity contribution < 1.29 is 23.8 Å². The number of carbonyl (C=O) groups is 2. The SMILES string of the molecule is O=C(O)CCC(=O)c1ccc(OCCc2ccccc2F)cc1. The molecule has 0 bridgehead atoms. The van der Waals surface area contributed by atoms with E-state index in [9.17, 15) is 14.0 Å². The molecule has 23 heavy (non-hydrogen) atoms. The van der Waals surface area contributed by atoms with Crippen LogP contribution in [0.2, 0.25) is 0 Å². The van der Waals surface area contributed by atoms with Gasteiger partial charge >= 0.3 is 5.97 Å². The minimum Gasteiger partial charge on any atom is -0.493 e. The maximum atomic E-state index is 13.5. The van der Waals surface area contributed by atoms with Crippen LogP contribution in [0.3, 0.4) is 0 Å². The third kappa shape index (κ3) is 5.21. The van der Waals surface area contributed by atoms with Crippen LogP contribution >= 0.6 is 0 Å². The Hall–Kier alpha value is -2.69. The van der Waals surface area contributed by atoms with Crippen LogP contribution in [0.15, 0.2) is 48.5 Å².